The highest BCUT2D eigenvalue weighted by Crippen LogP contribution is 2.38. The SMILES string of the molecule is N#CC(=Cc1cccc2ccccc12)C(=O)Nc1sc2c(c1C(N)=O)CCCC2. The van der Waals surface area contributed by atoms with E-state index in [9.17, 15) is 14.9 Å². The summed E-state index contributed by atoms with van der Waals surface area (Å²) in [6, 6.07) is 15.5. The molecule has 1 aliphatic carbocycles. The molecule has 6 heteroatoms. The Morgan fingerprint density at radius 1 is 1.10 bits per heavy atom. The third kappa shape index (κ3) is 3.65. The van der Waals surface area contributed by atoms with Gasteiger partial charge in [-0.1, -0.05) is 42.5 Å². The fourth-order valence-corrected chi connectivity index (χ4v) is 5.06. The van der Waals surface area contributed by atoms with Gasteiger partial charge in [0.2, 0.25) is 0 Å². The van der Waals surface area contributed by atoms with Gasteiger partial charge >= 0.3 is 0 Å². The van der Waals surface area contributed by atoms with E-state index < -0.39 is 11.8 Å². The monoisotopic (exact) mass is 401 g/mol. The lowest BCUT2D eigenvalue weighted by molar-refractivity contribution is -0.112. The molecule has 3 N–H and O–H groups in total. The van der Waals surface area contributed by atoms with Gasteiger partial charge in [-0.25, -0.2) is 0 Å². The summed E-state index contributed by atoms with van der Waals surface area (Å²) in [4.78, 5) is 25.9. The predicted molar refractivity (Wildman–Crippen MR) is 116 cm³/mol. The van der Waals surface area contributed by atoms with Crippen LogP contribution in [0, 0.1) is 11.3 Å². The number of hydrogen-bond donors (Lipinski definition) is 2. The van der Waals surface area contributed by atoms with Gasteiger partial charge in [-0.15, -0.1) is 11.3 Å². The number of nitrogens with zero attached hydrogens (tertiary/aromatic N) is 1. The van der Waals surface area contributed by atoms with Crippen molar-refractivity contribution < 1.29 is 9.59 Å². The van der Waals surface area contributed by atoms with Crippen molar-refractivity contribution in [2.45, 2.75) is 25.7 Å². The normalized spacial score (nSPS) is 13.6. The maximum absolute atomic E-state index is 12.8. The van der Waals surface area contributed by atoms with Crippen molar-refractivity contribution in [1.29, 1.82) is 5.26 Å². The molecule has 1 heterocycles. The van der Waals surface area contributed by atoms with Crippen LogP contribution in [-0.2, 0) is 17.6 Å². The lowest BCUT2D eigenvalue weighted by Gasteiger charge is -2.11. The topological polar surface area (TPSA) is 96.0 Å². The molecule has 144 valence electrons. The molecule has 0 spiro atoms. The number of rotatable bonds is 4. The third-order valence-corrected chi connectivity index (χ3v) is 6.34. The molecule has 5 nitrogen and oxygen atoms in total. The number of primary amides is 1. The van der Waals surface area contributed by atoms with Crippen LogP contribution in [0.3, 0.4) is 0 Å². The van der Waals surface area contributed by atoms with Crippen LogP contribution in [0.4, 0.5) is 5.00 Å². The van der Waals surface area contributed by atoms with Crippen molar-refractivity contribution >= 4 is 45.0 Å². The molecule has 0 saturated carbocycles. The van der Waals surface area contributed by atoms with E-state index in [4.69, 9.17) is 5.73 Å². The fraction of sp³-hybridized carbons (Fsp3) is 0.174. The summed E-state index contributed by atoms with van der Waals surface area (Å²) in [5.74, 6) is -1.09. The second kappa shape index (κ2) is 7.90. The van der Waals surface area contributed by atoms with E-state index in [2.05, 4.69) is 5.32 Å². The first-order valence-electron chi connectivity index (χ1n) is 9.43. The lowest BCUT2D eigenvalue weighted by atomic mass is 9.95. The van der Waals surface area contributed by atoms with E-state index in [1.807, 2.05) is 48.5 Å². The number of thiophene rings is 1. The molecule has 0 radical (unpaired) electrons. The molecule has 0 unspecified atom stereocenters. The second-order valence-electron chi connectivity index (χ2n) is 6.97. The van der Waals surface area contributed by atoms with Crippen LogP contribution in [0.5, 0.6) is 0 Å². The van der Waals surface area contributed by atoms with E-state index >= 15 is 0 Å². The maximum atomic E-state index is 12.8. The van der Waals surface area contributed by atoms with Gasteiger partial charge in [0.25, 0.3) is 11.8 Å². The summed E-state index contributed by atoms with van der Waals surface area (Å²) in [7, 11) is 0. The number of aryl methyl sites for hydroxylation is 1. The van der Waals surface area contributed by atoms with Crippen LogP contribution >= 0.6 is 11.3 Å². The minimum absolute atomic E-state index is 0.0249. The largest absolute Gasteiger partial charge is 0.365 e. The molecule has 0 bridgehead atoms. The molecule has 0 aliphatic heterocycles. The van der Waals surface area contributed by atoms with E-state index in [0.29, 0.717) is 10.6 Å². The minimum atomic E-state index is -0.545. The highest BCUT2D eigenvalue weighted by molar-refractivity contribution is 7.17. The number of carbonyl (C=O) groups is 2. The van der Waals surface area contributed by atoms with Crippen molar-refractivity contribution in [2.24, 2.45) is 5.73 Å². The molecular formula is C23H19N3O2S. The van der Waals surface area contributed by atoms with Crippen molar-refractivity contribution in [2.75, 3.05) is 5.32 Å². The number of nitrogens with one attached hydrogen (secondary N) is 1. The zero-order valence-electron chi connectivity index (χ0n) is 15.7. The number of hydrogen-bond acceptors (Lipinski definition) is 4. The Morgan fingerprint density at radius 2 is 1.86 bits per heavy atom. The standard InChI is InChI=1S/C23H19N3O2S/c24-13-16(12-15-8-5-7-14-6-1-2-9-17(14)15)22(28)26-23-20(21(25)27)18-10-3-4-11-19(18)29-23/h1-2,5-9,12H,3-4,10-11H2,(H2,25,27)(H,26,28). The van der Waals surface area contributed by atoms with Crippen LogP contribution in [0.1, 0.15) is 39.2 Å². The Kier molecular flexibility index (Phi) is 5.15. The zero-order valence-corrected chi connectivity index (χ0v) is 16.5. The molecule has 2 aromatic carbocycles. The highest BCUT2D eigenvalue weighted by Gasteiger charge is 2.25. The smallest absolute Gasteiger partial charge is 0.266 e. The number of fused-ring (bicyclic) bond motifs is 2. The Morgan fingerprint density at radius 3 is 2.66 bits per heavy atom. The number of nitrogens with two attached hydrogens (primary N) is 1. The Balaban J connectivity index is 1.69. The number of amides is 2. The van der Waals surface area contributed by atoms with Gasteiger partial charge < -0.3 is 11.1 Å². The average molecular weight is 401 g/mol. The van der Waals surface area contributed by atoms with Crippen LogP contribution < -0.4 is 11.1 Å². The van der Waals surface area contributed by atoms with E-state index in [-0.39, 0.29) is 5.57 Å². The molecule has 1 aromatic heterocycles. The van der Waals surface area contributed by atoms with Gasteiger partial charge in [-0.2, -0.15) is 5.26 Å². The van der Waals surface area contributed by atoms with E-state index in [0.717, 1.165) is 52.5 Å². The van der Waals surface area contributed by atoms with Gasteiger partial charge in [0.15, 0.2) is 0 Å². The summed E-state index contributed by atoms with van der Waals surface area (Å²) in [5, 5.41) is 14.8. The van der Waals surface area contributed by atoms with Gasteiger partial charge in [0, 0.05) is 4.88 Å². The van der Waals surface area contributed by atoms with Crippen molar-refractivity contribution in [3.05, 3.63) is 69.6 Å². The Bertz CT molecular complexity index is 1200. The van der Waals surface area contributed by atoms with Gasteiger partial charge in [-0.3, -0.25) is 9.59 Å². The summed E-state index contributed by atoms with van der Waals surface area (Å²) in [5.41, 5.74) is 7.69. The van der Waals surface area contributed by atoms with E-state index in [1.165, 1.54) is 11.3 Å². The minimum Gasteiger partial charge on any atom is -0.365 e. The second-order valence-corrected chi connectivity index (χ2v) is 8.08. The molecule has 29 heavy (non-hydrogen) atoms. The lowest BCUT2D eigenvalue weighted by Crippen LogP contribution is -2.19. The first kappa shape index (κ1) is 18.9. The molecule has 1 aliphatic rings. The van der Waals surface area contributed by atoms with Crippen molar-refractivity contribution in [3.8, 4) is 6.07 Å². The van der Waals surface area contributed by atoms with E-state index in [1.54, 1.807) is 6.08 Å². The molecule has 0 fully saturated rings. The van der Waals surface area contributed by atoms with Gasteiger partial charge in [0.05, 0.1) is 5.56 Å². The molecule has 2 amide bonds. The number of carbonyl (C=O) groups excluding carboxylic acids is 2. The van der Waals surface area contributed by atoms with Crippen molar-refractivity contribution in [1.82, 2.24) is 0 Å². The summed E-state index contributed by atoms with van der Waals surface area (Å²) < 4.78 is 0. The van der Waals surface area contributed by atoms with Crippen LogP contribution in [0.25, 0.3) is 16.8 Å². The molecule has 3 aromatic rings. The molecule has 0 atom stereocenters. The van der Waals surface area contributed by atoms with Crippen LogP contribution in [0.2, 0.25) is 0 Å². The summed E-state index contributed by atoms with van der Waals surface area (Å²) in [6.45, 7) is 0. The predicted octanol–water partition coefficient (Wildman–Crippen LogP) is 4.42. The van der Waals surface area contributed by atoms with Crippen LogP contribution in [-0.4, -0.2) is 11.8 Å². The fourth-order valence-electron chi connectivity index (χ4n) is 3.77. The zero-order chi connectivity index (χ0) is 20.4. The first-order chi connectivity index (χ1) is 14.1. The highest BCUT2D eigenvalue weighted by atomic mass is 32.1. The summed E-state index contributed by atoms with van der Waals surface area (Å²) in [6.07, 6.45) is 5.31. The Labute approximate surface area is 172 Å². The third-order valence-electron chi connectivity index (χ3n) is 5.13. The quantitative estimate of drug-likeness (QED) is 0.500. The van der Waals surface area contributed by atoms with Gasteiger partial charge in [0.1, 0.15) is 16.6 Å². The number of nitriles is 1. The average Bonchev–Trinajstić information content (AvgIpc) is 3.09. The maximum Gasteiger partial charge on any atom is 0.266 e. The Hall–Kier alpha value is -3.43. The number of benzene rings is 2. The molecular weight excluding hydrogens is 382 g/mol. The number of anilines is 1. The molecule has 0 saturated heterocycles. The molecule has 4 rings (SSSR count). The first-order valence-corrected chi connectivity index (χ1v) is 10.3. The van der Waals surface area contributed by atoms with Crippen LogP contribution in [0.15, 0.2) is 48.0 Å². The van der Waals surface area contributed by atoms with Crippen molar-refractivity contribution in [3.63, 3.8) is 0 Å². The van der Waals surface area contributed by atoms with Gasteiger partial charge in [-0.05, 0) is 53.7 Å². The summed E-state index contributed by atoms with van der Waals surface area (Å²) >= 11 is 1.39.